The van der Waals surface area contributed by atoms with Crippen LogP contribution in [0.3, 0.4) is 0 Å². The Labute approximate surface area is 113 Å². The van der Waals surface area contributed by atoms with E-state index in [-0.39, 0.29) is 12.1 Å². The van der Waals surface area contributed by atoms with Crippen LogP contribution in [0.4, 0.5) is 4.79 Å². The van der Waals surface area contributed by atoms with Crippen molar-refractivity contribution in [1.82, 2.24) is 4.90 Å². The van der Waals surface area contributed by atoms with E-state index in [1.54, 1.807) is 23.3 Å². The maximum absolute atomic E-state index is 11.7. The first-order valence-electron chi connectivity index (χ1n) is 6.02. The van der Waals surface area contributed by atoms with Gasteiger partial charge in [-0.1, -0.05) is 6.07 Å². The summed E-state index contributed by atoms with van der Waals surface area (Å²) in [7, 11) is 1.73. The Morgan fingerprint density at radius 2 is 2.22 bits per heavy atom. The number of carbonyl (C=O) groups is 1. The van der Waals surface area contributed by atoms with Crippen molar-refractivity contribution >= 4 is 17.4 Å². The molecule has 5 heteroatoms. The van der Waals surface area contributed by atoms with Gasteiger partial charge in [-0.2, -0.15) is 0 Å². The minimum absolute atomic E-state index is 0.0186. The van der Waals surface area contributed by atoms with Crippen molar-refractivity contribution < 1.29 is 9.53 Å². The Hall–Kier alpha value is -1.07. The Balaban J connectivity index is 2.37. The second-order valence-electron chi connectivity index (χ2n) is 5.31. The molecule has 1 aromatic heterocycles. The molecule has 2 N–H and O–H groups in total. The van der Waals surface area contributed by atoms with Gasteiger partial charge in [-0.3, -0.25) is 0 Å². The largest absolute Gasteiger partial charge is 0.444 e. The molecule has 0 aromatic carbocycles. The summed E-state index contributed by atoms with van der Waals surface area (Å²) in [6.07, 6.45) is 0.428. The lowest BCUT2D eigenvalue weighted by molar-refractivity contribution is 0.0294. The van der Waals surface area contributed by atoms with Gasteiger partial charge in [0, 0.05) is 24.5 Å². The van der Waals surface area contributed by atoms with E-state index in [1.807, 2.05) is 38.3 Å². The number of ether oxygens (including phenoxy) is 1. The smallest absolute Gasteiger partial charge is 0.410 e. The first kappa shape index (κ1) is 15.0. The number of carbonyl (C=O) groups excluding carboxylic acids is 1. The summed E-state index contributed by atoms with van der Waals surface area (Å²) in [5.41, 5.74) is 5.59. The van der Waals surface area contributed by atoms with E-state index < -0.39 is 5.60 Å². The molecule has 1 aromatic rings. The third-order valence-electron chi connectivity index (χ3n) is 2.39. The lowest BCUT2D eigenvalue weighted by Crippen LogP contribution is -2.35. The zero-order chi connectivity index (χ0) is 13.8. The minimum atomic E-state index is -0.457. The van der Waals surface area contributed by atoms with Crippen LogP contribution in [0.25, 0.3) is 0 Å². The zero-order valence-corrected chi connectivity index (χ0v) is 12.3. The minimum Gasteiger partial charge on any atom is -0.444 e. The molecular weight excluding hydrogens is 248 g/mol. The summed E-state index contributed by atoms with van der Waals surface area (Å²) in [5, 5.41) is 2.01. The Morgan fingerprint density at radius 1 is 1.56 bits per heavy atom. The van der Waals surface area contributed by atoms with Gasteiger partial charge >= 0.3 is 6.09 Å². The van der Waals surface area contributed by atoms with Crippen LogP contribution in [0.2, 0.25) is 0 Å². The van der Waals surface area contributed by atoms with E-state index in [2.05, 4.69) is 0 Å². The van der Waals surface area contributed by atoms with E-state index in [4.69, 9.17) is 10.5 Å². The Bertz CT molecular complexity index is 371. The van der Waals surface area contributed by atoms with E-state index in [0.717, 1.165) is 11.3 Å². The van der Waals surface area contributed by atoms with Gasteiger partial charge in [0.1, 0.15) is 5.60 Å². The van der Waals surface area contributed by atoms with Crippen LogP contribution < -0.4 is 5.73 Å². The molecule has 0 aliphatic heterocycles. The Morgan fingerprint density at radius 3 is 2.72 bits per heavy atom. The second kappa shape index (κ2) is 6.20. The van der Waals surface area contributed by atoms with Crippen molar-refractivity contribution in [3.05, 3.63) is 22.4 Å². The molecule has 0 radical (unpaired) electrons. The summed E-state index contributed by atoms with van der Waals surface area (Å²) in [6, 6.07) is 3.98. The molecule has 1 atom stereocenters. The van der Waals surface area contributed by atoms with Crippen molar-refractivity contribution in [3.63, 3.8) is 0 Å². The molecule has 0 saturated heterocycles. The summed E-state index contributed by atoms with van der Waals surface area (Å²) in [5.74, 6) is 0. The van der Waals surface area contributed by atoms with Gasteiger partial charge in [0.15, 0.2) is 0 Å². The third-order valence-corrected chi connectivity index (χ3v) is 3.39. The van der Waals surface area contributed by atoms with E-state index >= 15 is 0 Å². The predicted molar refractivity (Wildman–Crippen MR) is 74.7 cm³/mol. The number of nitrogens with two attached hydrogens (primary N) is 1. The highest BCUT2D eigenvalue weighted by molar-refractivity contribution is 7.10. The summed E-state index contributed by atoms with van der Waals surface area (Å²) >= 11 is 1.64. The van der Waals surface area contributed by atoms with Crippen LogP contribution in [-0.4, -0.2) is 30.2 Å². The topological polar surface area (TPSA) is 55.6 Å². The lowest BCUT2D eigenvalue weighted by Gasteiger charge is -2.25. The summed E-state index contributed by atoms with van der Waals surface area (Å²) in [6.45, 7) is 6.16. The van der Waals surface area contributed by atoms with Crippen molar-refractivity contribution in [2.45, 2.75) is 38.8 Å². The molecule has 0 spiro atoms. The van der Waals surface area contributed by atoms with Gasteiger partial charge in [0.05, 0.1) is 0 Å². The van der Waals surface area contributed by atoms with Crippen LogP contribution in [0.1, 0.15) is 38.1 Å². The van der Waals surface area contributed by atoms with Crippen molar-refractivity contribution in [2.75, 3.05) is 13.6 Å². The standard InChI is InChI=1S/C13H22N2O2S/c1-13(2,3)17-12(16)15(4)8-7-10(14)11-6-5-9-18-11/h5-6,9-10H,7-8,14H2,1-4H3/t10-/m1/s1. The number of hydrogen-bond acceptors (Lipinski definition) is 4. The molecule has 0 fully saturated rings. The molecule has 1 heterocycles. The monoisotopic (exact) mass is 270 g/mol. The molecule has 0 aliphatic carbocycles. The number of rotatable bonds is 4. The summed E-state index contributed by atoms with van der Waals surface area (Å²) < 4.78 is 5.27. The Kier molecular flexibility index (Phi) is 5.16. The molecule has 102 valence electrons. The molecule has 0 aliphatic rings. The lowest BCUT2D eigenvalue weighted by atomic mass is 10.2. The fourth-order valence-corrected chi connectivity index (χ4v) is 2.17. The number of nitrogens with zero attached hydrogens (tertiary/aromatic N) is 1. The maximum atomic E-state index is 11.7. The predicted octanol–water partition coefficient (Wildman–Crippen LogP) is 3.00. The number of thiophene rings is 1. The fraction of sp³-hybridized carbons (Fsp3) is 0.615. The average Bonchev–Trinajstić information content (AvgIpc) is 2.76. The molecule has 18 heavy (non-hydrogen) atoms. The van der Waals surface area contributed by atoms with Crippen LogP contribution in [0.5, 0.6) is 0 Å². The molecule has 1 rings (SSSR count). The number of amides is 1. The van der Waals surface area contributed by atoms with Gasteiger partial charge in [0.2, 0.25) is 0 Å². The van der Waals surface area contributed by atoms with E-state index in [1.165, 1.54) is 0 Å². The molecule has 4 nitrogen and oxygen atoms in total. The van der Waals surface area contributed by atoms with Gasteiger partial charge < -0.3 is 15.4 Å². The molecule has 0 unspecified atom stereocenters. The van der Waals surface area contributed by atoms with Crippen LogP contribution in [0, 0.1) is 0 Å². The van der Waals surface area contributed by atoms with E-state index in [0.29, 0.717) is 6.54 Å². The fourth-order valence-electron chi connectivity index (χ4n) is 1.41. The second-order valence-corrected chi connectivity index (χ2v) is 6.29. The van der Waals surface area contributed by atoms with Crippen LogP contribution in [0.15, 0.2) is 17.5 Å². The van der Waals surface area contributed by atoms with Gasteiger partial charge in [-0.15, -0.1) is 11.3 Å². The number of hydrogen-bond donors (Lipinski definition) is 1. The average molecular weight is 270 g/mol. The van der Waals surface area contributed by atoms with Crippen molar-refractivity contribution in [2.24, 2.45) is 5.73 Å². The SMILES string of the molecule is CN(CC[C@@H](N)c1cccs1)C(=O)OC(C)(C)C. The van der Waals surface area contributed by atoms with Gasteiger partial charge in [0.25, 0.3) is 0 Å². The normalized spacial score (nSPS) is 13.2. The molecule has 0 bridgehead atoms. The first-order chi connectivity index (χ1) is 8.29. The van der Waals surface area contributed by atoms with E-state index in [9.17, 15) is 4.79 Å². The van der Waals surface area contributed by atoms with Crippen LogP contribution >= 0.6 is 11.3 Å². The maximum Gasteiger partial charge on any atom is 0.410 e. The van der Waals surface area contributed by atoms with Gasteiger partial charge in [-0.25, -0.2) is 4.79 Å². The van der Waals surface area contributed by atoms with Gasteiger partial charge in [-0.05, 0) is 38.6 Å². The zero-order valence-electron chi connectivity index (χ0n) is 11.5. The molecule has 1 amide bonds. The molecular formula is C13H22N2O2S. The highest BCUT2D eigenvalue weighted by atomic mass is 32.1. The summed E-state index contributed by atoms with van der Waals surface area (Å²) in [4.78, 5) is 14.4. The first-order valence-corrected chi connectivity index (χ1v) is 6.90. The van der Waals surface area contributed by atoms with Crippen LogP contribution in [-0.2, 0) is 4.74 Å². The highest BCUT2D eigenvalue weighted by Crippen LogP contribution is 2.19. The third kappa shape index (κ3) is 5.06. The quantitative estimate of drug-likeness (QED) is 0.915. The van der Waals surface area contributed by atoms with Crippen molar-refractivity contribution in [1.29, 1.82) is 0 Å². The highest BCUT2D eigenvalue weighted by Gasteiger charge is 2.20. The van der Waals surface area contributed by atoms with Crippen molar-refractivity contribution in [3.8, 4) is 0 Å². The molecule has 0 saturated carbocycles.